The van der Waals surface area contributed by atoms with Crippen molar-refractivity contribution in [2.45, 2.75) is 39.8 Å². The summed E-state index contributed by atoms with van der Waals surface area (Å²) in [5.74, 6) is 0. The first-order chi connectivity index (χ1) is 8.90. The summed E-state index contributed by atoms with van der Waals surface area (Å²) in [6.07, 6.45) is 0.321. The molecule has 1 heterocycles. The van der Waals surface area contributed by atoms with Crippen LogP contribution in [0.3, 0.4) is 0 Å². The van der Waals surface area contributed by atoms with Crippen LogP contribution in [0.1, 0.15) is 24.7 Å². The van der Waals surface area contributed by atoms with Crippen LogP contribution in [0.4, 0.5) is 4.79 Å². The third kappa shape index (κ3) is 5.30. The molecule has 0 radical (unpaired) electrons. The Balaban J connectivity index is 2.24. The zero-order chi connectivity index (χ0) is 14.4. The molecule has 1 rings (SSSR count). The normalized spacial score (nSPS) is 12.3. The molecule has 1 aromatic heterocycles. The number of hydrogen-bond acceptors (Lipinski definition) is 3. The van der Waals surface area contributed by atoms with Crippen molar-refractivity contribution >= 4 is 6.03 Å². The lowest BCUT2D eigenvalue weighted by Crippen LogP contribution is -2.41. The van der Waals surface area contributed by atoms with Crippen molar-refractivity contribution in [2.24, 2.45) is 0 Å². The number of hydrogen-bond donors (Lipinski definition) is 2. The first-order valence-electron chi connectivity index (χ1n) is 6.58. The van der Waals surface area contributed by atoms with Gasteiger partial charge in [-0.2, -0.15) is 5.10 Å². The van der Waals surface area contributed by atoms with Gasteiger partial charge >= 0.3 is 6.03 Å². The molecule has 6 nitrogen and oxygen atoms in total. The minimum atomic E-state index is -0.509. The van der Waals surface area contributed by atoms with Crippen molar-refractivity contribution in [3.63, 3.8) is 0 Å². The second kappa shape index (κ2) is 7.13. The maximum Gasteiger partial charge on any atom is 0.317 e. The number of rotatable bonds is 6. The Morgan fingerprint density at radius 1 is 1.58 bits per heavy atom. The number of aliphatic hydroxyl groups excluding tert-OH is 1. The van der Waals surface area contributed by atoms with Crippen molar-refractivity contribution < 1.29 is 9.90 Å². The Morgan fingerprint density at radius 2 is 2.26 bits per heavy atom. The number of aromatic nitrogens is 2. The summed E-state index contributed by atoms with van der Waals surface area (Å²) < 4.78 is 1.95. The molecule has 0 aliphatic carbocycles. The predicted molar refractivity (Wildman–Crippen MR) is 74.0 cm³/mol. The molecule has 1 aromatic rings. The van der Waals surface area contributed by atoms with Gasteiger partial charge in [-0.05, 0) is 33.3 Å². The smallest absolute Gasteiger partial charge is 0.317 e. The van der Waals surface area contributed by atoms with Crippen molar-refractivity contribution in [2.75, 3.05) is 20.1 Å². The van der Waals surface area contributed by atoms with Gasteiger partial charge in [0.05, 0.1) is 11.8 Å². The molecule has 0 fully saturated rings. The van der Waals surface area contributed by atoms with Crippen LogP contribution in [0.25, 0.3) is 0 Å². The van der Waals surface area contributed by atoms with Gasteiger partial charge in [0.2, 0.25) is 0 Å². The Bertz CT molecular complexity index is 415. The number of nitrogens with zero attached hydrogens (tertiary/aromatic N) is 3. The van der Waals surface area contributed by atoms with Gasteiger partial charge in [0.25, 0.3) is 0 Å². The maximum atomic E-state index is 11.6. The molecular formula is C13H24N4O2. The van der Waals surface area contributed by atoms with Crippen molar-refractivity contribution in [1.29, 1.82) is 0 Å². The number of aryl methyl sites for hydroxylation is 3. The van der Waals surface area contributed by atoms with E-state index in [9.17, 15) is 9.90 Å². The summed E-state index contributed by atoms with van der Waals surface area (Å²) in [7, 11) is 1.67. The number of aliphatic hydroxyl groups is 1. The molecule has 0 aliphatic rings. The molecule has 0 saturated carbocycles. The Morgan fingerprint density at radius 3 is 2.79 bits per heavy atom. The van der Waals surface area contributed by atoms with E-state index in [1.807, 2.05) is 24.6 Å². The minimum Gasteiger partial charge on any atom is -0.392 e. The van der Waals surface area contributed by atoms with Gasteiger partial charge < -0.3 is 15.3 Å². The average Bonchev–Trinajstić information content (AvgIpc) is 2.62. The van der Waals surface area contributed by atoms with Gasteiger partial charge in [-0.3, -0.25) is 4.68 Å². The molecule has 1 atom stereocenters. The summed E-state index contributed by atoms with van der Waals surface area (Å²) in [5, 5.41) is 16.4. The Labute approximate surface area is 114 Å². The lowest BCUT2D eigenvalue weighted by atomic mass is 10.3. The molecule has 1 unspecified atom stereocenters. The summed E-state index contributed by atoms with van der Waals surface area (Å²) in [6.45, 7) is 7.38. The highest BCUT2D eigenvalue weighted by Gasteiger charge is 2.09. The topological polar surface area (TPSA) is 70.4 Å². The number of amides is 2. The molecule has 108 valence electrons. The second-order valence-electron chi connectivity index (χ2n) is 4.97. The van der Waals surface area contributed by atoms with E-state index >= 15 is 0 Å². The predicted octanol–water partition coefficient (Wildman–Crippen LogP) is 0.912. The molecule has 19 heavy (non-hydrogen) atoms. The monoisotopic (exact) mass is 268 g/mol. The first-order valence-corrected chi connectivity index (χ1v) is 6.58. The highest BCUT2D eigenvalue weighted by Crippen LogP contribution is 2.02. The average molecular weight is 268 g/mol. The minimum absolute atomic E-state index is 0.158. The van der Waals surface area contributed by atoms with Crippen LogP contribution in [0.5, 0.6) is 0 Å². The standard InChI is InChI=1S/C13H24N4O2/c1-10-8-11(2)17(15-10)7-5-6-14-13(19)16(4)9-12(3)18/h8,12,18H,5-7,9H2,1-4H3,(H,14,19). The van der Waals surface area contributed by atoms with Crippen LogP contribution in [0, 0.1) is 13.8 Å². The van der Waals surface area contributed by atoms with Crippen LogP contribution in [0.2, 0.25) is 0 Å². The van der Waals surface area contributed by atoms with Gasteiger partial charge in [0.1, 0.15) is 0 Å². The molecule has 0 aromatic carbocycles. The largest absolute Gasteiger partial charge is 0.392 e. The highest BCUT2D eigenvalue weighted by molar-refractivity contribution is 5.73. The first kappa shape index (κ1) is 15.5. The van der Waals surface area contributed by atoms with E-state index in [1.165, 1.54) is 4.90 Å². The summed E-state index contributed by atoms with van der Waals surface area (Å²) in [6, 6.07) is 1.88. The van der Waals surface area contributed by atoms with Crippen molar-refractivity contribution in [3.8, 4) is 0 Å². The van der Waals surface area contributed by atoms with E-state index in [-0.39, 0.29) is 6.03 Å². The fourth-order valence-corrected chi connectivity index (χ4v) is 1.94. The zero-order valence-electron chi connectivity index (χ0n) is 12.2. The van der Waals surface area contributed by atoms with Crippen LogP contribution in [-0.4, -0.2) is 52.1 Å². The van der Waals surface area contributed by atoms with E-state index in [4.69, 9.17) is 0 Å². The summed E-state index contributed by atoms with van der Waals surface area (Å²) in [5.41, 5.74) is 2.15. The number of urea groups is 1. The van der Waals surface area contributed by atoms with Crippen LogP contribution in [-0.2, 0) is 6.54 Å². The van der Waals surface area contributed by atoms with Gasteiger partial charge in [-0.25, -0.2) is 4.79 Å². The molecule has 2 N–H and O–H groups in total. The second-order valence-corrected chi connectivity index (χ2v) is 4.97. The van der Waals surface area contributed by atoms with Crippen LogP contribution in [0.15, 0.2) is 6.07 Å². The Hall–Kier alpha value is -1.56. The van der Waals surface area contributed by atoms with Crippen LogP contribution < -0.4 is 5.32 Å². The number of carbonyl (C=O) groups is 1. The van der Waals surface area contributed by atoms with Crippen molar-refractivity contribution in [1.82, 2.24) is 20.0 Å². The van der Waals surface area contributed by atoms with Gasteiger partial charge in [-0.15, -0.1) is 0 Å². The SMILES string of the molecule is Cc1cc(C)n(CCCNC(=O)N(C)CC(C)O)n1. The van der Waals surface area contributed by atoms with Crippen LogP contribution >= 0.6 is 0 Å². The number of likely N-dealkylation sites (N-methyl/N-ethyl adjacent to an activating group) is 1. The molecule has 0 bridgehead atoms. The maximum absolute atomic E-state index is 11.6. The van der Waals surface area contributed by atoms with Crippen molar-refractivity contribution in [3.05, 3.63) is 17.5 Å². The molecule has 0 spiro atoms. The lowest BCUT2D eigenvalue weighted by Gasteiger charge is -2.19. The Kier molecular flexibility index (Phi) is 5.82. The van der Waals surface area contributed by atoms with E-state index in [2.05, 4.69) is 10.4 Å². The summed E-state index contributed by atoms with van der Waals surface area (Å²) in [4.78, 5) is 13.1. The van der Waals surface area contributed by atoms with Gasteiger partial charge in [-0.1, -0.05) is 0 Å². The zero-order valence-corrected chi connectivity index (χ0v) is 12.2. The highest BCUT2D eigenvalue weighted by atomic mass is 16.3. The number of carbonyl (C=O) groups excluding carboxylic acids is 1. The molecule has 6 heteroatoms. The van der Waals surface area contributed by atoms with E-state index in [0.717, 1.165) is 24.4 Å². The van der Waals surface area contributed by atoms with Gasteiger partial charge in [0.15, 0.2) is 0 Å². The summed E-state index contributed by atoms with van der Waals surface area (Å²) >= 11 is 0. The molecular weight excluding hydrogens is 244 g/mol. The molecule has 0 aliphatic heterocycles. The molecule has 0 saturated heterocycles. The van der Waals surface area contributed by atoms with Gasteiger partial charge in [0, 0.05) is 32.4 Å². The fourth-order valence-electron chi connectivity index (χ4n) is 1.94. The molecule has 2 amide bonds. The van der Waals surface area contributed by atoms with E-state index in [1.54, 1.807) is 14.0 Å². The van der Waals surface area contributed by atoms with E-state index < -0.39 is 6.10 Å². The lowest BCUT2D eigenvalue weighted by molar-refractivity contribution is 0.144. The quantitative estimate of drug-likeness (QED) is 0.753. The number of nitrogens with one attached hydrogen (secondary N) is 1. The third-order valence-electron chi connectivity index (χ3n) is 2.81. The fraction of sp³-hybridized carbons (Fsp3) is 0.692. The van der Waals surface area contributed by atoms with E-state index in [0.29, 0.717) is 13.1 Å². The third-order valence-corrected chi connectivity index (χ3v) is 2.81.